The summed E-state index contributed by atoms with van der Waals surface area (Å²) >= 11 is 10.6. The van der Waals surface area contributed by atoms with Crippen molar-refractivity contribution in [1.29, 1.82) is 0 Å². The maximum Gasteiger partial charge on any atom is 0.200 e. The van der Waals surface area contributed by atoms with Crippen molar-refractivity contribution in [2.75, 3.05) is 0 Å². The summed E-state index contributed by atoms with van der Waals surface area (Å²) in [5, 5.41) is 0. The van der Waals surface area contributed by atoms with Crippen LogP contribution in [-0.4, -0.2) is 15.0 Å². The lowest BCUT2D eigenvalue weighted by atomic mass is 9.67. The average molecular weight is 574 g/mol. The summed E-state index contributed by atoms with van der Waals surface area (Å²) in [5.41, 5.74) is 12.2. The molecule has 206 valence electrons. The largest absolute Gasteiger partial charge is 0.317 e. The van der Waals surface area contributed by atoms with E-state index >= 15 is 0 Å². The van der Waals surface area contributed by atoms with E-state index in [4.69, 9.17) is 24.4 Å². The Morgan fingerprint density at radius 1 is 0.683 bits per heavy atom. The highest BCUT2D eigenvalue weighted by molar-refractivity contribution is 7.71. The van der Waals surface area contributed by atoms with E-state index in [0.717, 1.165) is 12.0 Å². The third-order valence-electron chi connectivity index (χ3n) is 8.41. The van der Waals surface area contributed by atoms with Gasteiger partial charge in [-0.1, -0.05) is 122 Å². The molecule has 2 N–H and O–H groups in total. The van der Waals surface area contributed by atoms with E-state index in [9.17, 15) is 0 Å². The van der Waals surface area contributed by atoms with E-state index < -0.39 is 5.41 Å². The van der Waals surface area contributed by atoms with Gasteiger partial charge in [-0.25, -0.2) is 4.98 Å². The van der Waals surface area contributed by atoms with Gasteiger partial charge in [0.15, 0.2) is 4.77 Å². The lowest BCUT2D eigenvalue weighted by Crippen LogP contribution is -2.28. The molecule has 0 radical (unpaired) electrons. The first-order valence-electron chi connectivity index (χ1n) is 14.5. The second-order valence-corrected chi connectivity index (χ2v) is 12.1. The van der Waals surface area contributed by atoms with Crippen LogP contribution in [-0.2, 0) is 11.8 Å². The highest BCUT2D eigenvalue weighted by atomic mass is 32.1. The number of benzene rings is 4. The molecule has 0 bridgehead atoms. The smallest absolute Gasteiger partial charge is 0.200 e. The summed E-state index contributed by atoms with van der Waals surface area (Å²) in [6, 6.07) is 32.0. The van der Waals surface area contributed by atoms with Crippen LogP contribution in [0.3, 0.4) is 0 Å². The van der Waals surface area contributed by atoms with Crippen LogP contribution >= 0.6 is 24.4 Å². The Hall–Kier alpha value is -3.67. The summed E-state index contributed by atoms with van der Waals surface area (Å²) in [6.07, 6.45) is 6.22. The summed E-state index contributed by atoms with van der Waals surface area (Å²) in [5.74, 6) is 0.672. The molecule has 41 heavy (non-hydrogen) atoms. The highest BCUT2D eigenvalue weighted by Crippen LogP contribution is 2.56. The van der Waals surface area contributed by atoms with Gasteiger partial charge in [-0.3, -0.25) is 0 Å². The molecule has 0 atom stereocenters. The minimum absolute atomic E-state index is 0.378. The Morgan fingerprint density at radius 3 is 1.83 bits per heavy atom. The summed E-state index contributed by atoms with van der Waals surface area (Å²) in [7, 11) is 0. The molecule has 0 saturated heterocycles. The van der Waals surface area contributed by atoms with Gasteiger partial charge in [0.2, 0.25) is 4.77 Å². The van der Waals surface area contributed by atoms with Gasteiger partial charge in [0.25, 0.3) is 0 Å². The molecular weight excluding hydrogens is 539 g/mol. The van der Waals surface area contributed by atoms with Crippen LogP contribution in [0.2, 0.25) is 0 Å². The van der Waals surface area contributed by atoms with E-state index in [1.807, 2.05) is 0 Å². The summed E-state index contributed by atoms with van der Waals surface area (Å²) in [4.78, 5) is 10.5. The Morgan fingerprint density at radius 2 is 1.27 bits per heavy atom. The number of nitrogens with one attached hydrogen (secondary N) is 2. The molecule has 0 unspecified atom stereocenters. The van der Waals surface area contributed by atoms with Crippen molar-refractivity contribution >= 4 is 24.4 Å². The van der Waals surface area contributed by atoms with Crippen molar-refractivity contribution in [3.8, 4) is 22.5 Å². The average Bonchev–Trinajstić information content (AvgIpc) is 3.24. The maximum absolute atomic E-state index is 5.33. The monoisotopic (exact) mass is 573 g/mol. The topological polar surface area (TPSA) is 44.5 Å². The van der Waals surface area contributed by atoms with Crippen LogP contribution in [0.1, 0.15) is 71.6 Å². The van der Waals surface area contributed by atoms with Crippen LogP contribution in [0.5, 0.6) is 0 Å². The van der Waals surface area contributed by atoms with Crippen molar-refractivity contribution < 1.29 is 0 Å². The molecule has 4 aromatic carbocycles. The minimum atomic E-state index is -0.435. The van der Waals surface area contributed by atoms with Crippen LogP contribution in [0, 0.1) is 23.4 Å². The standard InChI is InChI=1S/C36H35N3S2/c1-4-5-6-7-8-25-11-15-27(16-12-25)36(28-17-13-26(14-18-28)33-37-34(40)39-35(41)38-33)31-21-23(2)9-19-29(31)30-20-10-24(3)22-32(30)36/h9-22H,4-8H2,1-3H3,(H2,37,38,39,40,41). The van der Waals surface area contributed by atoms with Gasteiger partial charge in [-0.05, 0) is 90.1 Å². The molecule has 0 spiro atoms. The number of unbranched alkanes of at least 4 members (excludes halogenated alkanes) is 3. The zero-order chi connectivity index (χ0) is 28.6. The molecule has 5 heteroatoms. The Balaban J connectivity index is 1.55. The van der Waals surface area contributed by atoms with Gasteiger partial charge in [0.1, 0.15) is 5.82 Å². The first-order valence-corrected chi connectivity index (χ1v) is 15.4. The predicted molar refractivity (Wildman–Crippen MR) is 175 cm³/mol. The van der Waals surface area contributed by atoms with Crippen molar-refractivity contribution in [2.24, 2.45) is 0 Å². The Bertz CT molecular complexity index is 1750. The fourth-order valence-electron chi connectivity index (χ4n) is 6.43. The van der Waals surface area contributed by atoms with Gasteiger partial charge in [0.05, 0.1) is 5.41 Å². The van der Waals surface area contributed by atoms with Gasteiger partial charge in [-0.15, -0.1) is 0 Å². The zero-order valence-electron chi connectivity index (χ0n) is 23.9. The van der Waals surface area contributed by atoms with E-state index in [-0.39, 0.29) is 0 Å². The van der Waals surface area contributed by atoms with Crippen LogP contribution in [0.15, 0.2) is 84.9 Å². The van der Waals surface area contributed by atoms with Gasteiger partial charge >= 0.3 is 0 Å². The van der Waals surface area contributed by atoms with E-state index in [1.165, 1.54) is 75.8 Å². The molecule has 5 aromatic rings. The van der Waals surface area contributed by atoms with Crippen molar-refractivity contribution in [3.63, 3.8) is 0 Å². The SMILES string of the molecule is CCCCCCc1ccc(C2(c3ccc(-c4nc(=S)[nH]c(=S)[nH]4)cc3)c3cc(C)ccc3-c3ccc(C)cc32)cc1. The first kappa shape index (κ1) is 27.5. The predicted octanol–water partition coefficient (Wildman–Crippen LogP) is 9.97. The van der Waals surface area contributed by atoms with Crippen molar-refractivity contribution in [3.05, 3.63) is 133 Å². The Kier molecular flexibility index (Phi) is 7.58. The third-order valence-corrected chi connectivity index (χ3v) is 8.81. The number of fused-ring (bicyclic) bond motifs is 3. The zero-order valence-corrected chi connectivity index (χ0v) is 25.5. The first-order chi connectivity index (χ1) is 19.9. The number of hydrogen-bond donors (Lipinski definition) is 2. The number of nitrogens with zero attached hydrogens (tertiary/aromatic N) is 1. The number of aryl methyl sites for hydroxylation is 3. The second-order valence-electron chi connectivity index (χ2n) is 11.3. The minimum Gasteiger partial charge on any atom is -0.317 e. The molecule has 1 aliphatic carbocycles. The number of aromatic nitrogens is 3. The fourth-order valence-corrected chi connectivity index (χ4v) is 6.88. The van der Waals surface area contributed by atoms with Crippen LogP contribution in [0.25, 0.3) is 22.5 Å². The number of rotatable bonds is 8. The van der Waals surface area contributed by atoms with Gasteiger partial charge < -0.3 is 9.97 Å². The van der Waals surface area contributed by atoms with Gasteiger partial charge in [0, 0.05) is 5.56 Å². The molecule has 0 amide bonds. The van der Waals surface area contributed by atoms with Gasteiger partial charge in [-0.2, -0.15) is 0 Å². The molecule has 0 saturated carbocycles. The molecule has 1 heterocycles. The van der Waals surface area contributed by atoms with Crippen molar-refractivity contribution in [2.45, 2.75) is 58.3 Å². The van der Waals surface area contributed by atoms with E-state index in [2.05, 4.69) is 121 Å². The Labute approximate surface area is 252 Å². The van der Waals surface area contributed by atoms with Crippen LogP contribution in [0.4, 0.5) is 0 Å². The molecule has 0 aliphatic heterocycles. The lowest BCUT2D eigenvalue weighted by Gasteiger charge is -2.34. The number of aromatic amines is 2. The molecule has 1 aliphatic rings. The lowest BCUT2D eigenvalue weighted by molar-refractivity contribution is 0.666. The third kappa shape index (κ3) is 5.02. The van der Waals surface area contributed by atoms with E-state index in [0.29, 0.717) is 15.4 Å². The number of H-pyrrole nitrogens is 2. The quantitative estimate of drug-likeness (QED) is 0.141. The summed E-state index contributed by atoms with van der Waals surface area (Å²) in [6.45, 7) is 6.64. The summed E-state index contributed by atoms with van der Waals surface area (Å²) < 4.78 is 0.851. The number of hydrogen-bond acceptors (Lipinski definition) is 3. The molecule has 1 aromatic heterocycles. The highest BCUT2D eigenvalue weighted by Gasteiger charge is 2.46. The normalized spacial score (nSPS) is 13.1. The van der Waals surface area contributed by atoms with Crippen molar-refractivity contribution in [1.82, 2.24) is 15.0 Å². The molecule has 6 rings (SSSR count). The fraction of sp³-hybridized carbons (Fsp3) is 0.250. The maximum atomic E-state index is 5.33. The molecule has 0 fully saturated rings. The molecule has 3 nitrogen and oxygen atoms in total. The van der Waals surface area contributed by atoms with E-state index in [1.54, 1.807) is 0 Å². The second kappa shape index (κ2) is 11.3. The molecular formula is C36H35N3S2. The van der Waals surface area contributed by atoms with Crippen LogP contribution < -0.4 is 0 Å².